The van der Waals surface area contributed by atoms with Gasteiger partial charge in [0.2, 0.25) is 0 Å². The Kier molecular flexibility index (Phi) is 12.5. The van der Waals surface area contributed by atoms with Crippen LogP contribution in [-0.4, -0.2) is 52.4 Å². The first-order valence-corrected chi connectivity index (χ1v) is 19.1. The highest BCUT2D eigenvalue weighted by Crippen LogP contribution is 2.35. The van der Waals surface area contributed by atoms with Gasteiger partial charge in [0.1, 0.15) is 5.75 Å². The van der Waals surface area contributed by atoms with Gasteiger partial charge in [-0.1, -0.05) is 32.0 Å². The number of amides is 1. The summed E-state index contributed by atoms with van der Waals surface area (Å²) in [5, 5.41) is 3.07. The molecule has 1 N–H and O–H groups in total. The topological polar surface area (TPSA) is 103 Å². The minimum absolute atomic E-state index is 0.180. The zero-order valence-electron chi connectivity index (χ0n) is 30.7. The van der Waals surface area contributed by atoms with Crippen molar-refractivity contribution in [3.05, 3.63) is 95.6 Å². The SMILES string of the molecule is CCCOc1ccc(-c2ccc3c(c2)C=C(C(=O)Nc2ccc(S(=O)Cc4c(C)ncn4CCC)cc2)CCCN3CC(C)(C)C(=O)OC)cc1. The number of esters is 1. The summed E-state index contributed by atoms with van der Waals surface area (Å²) in [5.74, 6) is 0.767. The molecular weight excluding hydrogens is 661 g/mol. The summed E-state index contributed by atoms with van der Waals surface area (Å²) < 4.78 is 26.3. The first-order chi connectivity index (χ1) is 24.5. The van der Waals surface area contributed by atoms with Gasteiger partial charge in [0.15, 0.2) is 0 Å². The molecule has 1 unspecified atom stereocenters. The lowest BCUT2D eigenvalue weighted by Gasteiger charge is -2.34. The fourth-order valence-electron chi connectivity index (χ4n) is 6.34. The van der Waals surface area contributed by atoms with E-state index in [-0.39, 0.29) is 11.9 Å². The van der Waals surface area contributed by atoms with E-state index < -0.39 is 16.2 Å². The average Bonchev–Trinajstić information content (AvgIpc) is 3.46. The van der Waals surface area contributed by atoms with E-state index >= 15 is 0 Å². The molecule has 4 aromatic rings. The van der Waals surface area contributed by atoms with Crippen molar-refractivity contribution in [3.63, 3.8) is 0 Å². The number of anilines is 2. The van der Waals surface area contributed by atoms with Crippen molar-refractivity contribution in [2.75, 3.05) is 37.0 Å². The summed E-state index contributed by atoms with van der Waals surface area (Å²) in [6.45, 7) is 12.6. The average molecular weight is 711 g/mol. The van der Waals surface area contributed by atoms with Crippen LogP contribution in [0.25, 0.3) is 17.2 Å². The summed E-state index contributed by atoms with van der Waals surface area (Å²) in [4.78, 5) is 33.8. The molecule has 1 amide bonds. The van der Waals surface area contributed by atoms with Gasteiger partial charge in [-0.25, -0.2) is 4.98 Å². The molecule has 0 fully saturated rings. The molecule has 0 spiro atoms. The van der Waals surface area contributed by atoms with Crippen LogP contribution in [0.3, 0.4) is 0 Å². The molecule has 9 nitrogen and oxygen atoms in total. The quantitative estimate of drug-likeness (QED) is 0.132. The molecule has 2 heterocycles. The largest absolute Gasteiger partial charge is 0.494 e. The molecule has 270 valence electrons. The lowest BCUT2D eigenvalue weighted by molar-refractivity contribution is -0.150. The van der Waals surface area contributed by atoms with Gasteiger partial charge in [-0.15, -0.1) is 0 Å². The fraction of sp³-hybridized carbons (Fsp3) is 0.390. The molecule has 0 saturated heterocycles. The molecule has 0 bridgehead atoms. The van der Waals surface area contributed by atoms with Gasteiger partial charge in [-0.05, 0) is 118 Å². The Balaban J connectivity index is 1.39. The minimum Gasteiger partial charge on any atom is -0.494 e. The number of aryl methyl sites for hydroxylation is 2. The smallest absolute Gasteiger partial charge is 0.313 e. The molecule has 0 radical (unpaired) electrons. The predicted octanol–water partition coefficient (Wildman–Crippen LogP) is 8.19. The Bertz CT molecular complexity index is 1880. The monoisotopic (exact) mass is 710 g/mol. The van der Waals surface area contributed by atoms with Crippen LogP contribution in [0.2, 0.25) is 0 Å². The Hall–Kier alpha value is -4.70. The highest BCUT2D eigenvalue weighted by Gasteiger charge is 2.32. The van der Waals surface area contributed by atoms with E-state index in [0.29, 0.717) is 48.0 Å². The maximum absolute atomic E-state index is 13.8. The first kappa shape index (κ1) is 37.6. The number of rotatable bonds is 14. The standard InChI is InChI=1S/C41H50N4O5S/c1-7-21-45-28-42-29(3)38(45)26-51(48)36-18-14-34(15-19-36)43-39(46)32-10-9-22-44(27-41(4,5)40(47)49-6)37-20-13-31(24-33(37)25-32)30-11-16-35(17-12-30)50-23-8-2/h11-20,24-25,28H,7-10,21-23,26-27H2,1-6H3,(H,43,46). The summed E-state index contributed by atoms with van der Waals surface area (Å²) in [6, 6.07) is 21.5. The predicted molar refractivity (Wildman–Crippen MR) is 205 cm³/mol. The van der Waals surface area contributed by atoms with Gasteiger partial charge in [0.05, 0.1) is 53.4 Å². The number of carbonyl (C=O) groups excluding carboxylic acids is 2. The van der Waals surface area contributed by atoms with E-state index in [2.05, 4.69) is 51.8 Å². The molecule has 0 saturated carbocycles. The maximum Gasteiger partial charge on any atom is 0.313 e. The molecule has 51 heavy (non-hydrogen) atoms. The number of hydrogen-bond donors (Lipinski definition) is 1. The molecule has 10 heteroatoms. The number of nitrogens with one attached hydrogen (secondary N) is 1. The Morgan fingerprint density at radius 2 is 1.71 bits per heavy atom. The number of nitrogens with zero attached hydrogens (tertiary/aromatic N) is 3. The summed E-state index contributed by atoms with van der Waals surface area (Å²) in [5.41, 5.74) is 6.34. The lowest BCUT2D eigenvalue weighted by Crippen LogP contribution is -2.41. The van der Waals surface area contributed by atoms with Crippen LogP contribution < -0.4 is 15.0 Å². The van der Waals surface area contributed by atoms with E-state index in [4.69, 9.17) is 9.47 Å². The highest BCUT2D eigenvalue weighted by atomic mass is 32.2. The van der Waals surface area contributed by atoms with Crippen molar-refractivity contribution < 1.29 is 23.3 Å². The van der Waals surface area contributed by atoms with E-state index in [1.807, 2.05) is 69.6 Å². The summed E-state index contributed by atoms with van der Waals surface area (Å²) >= 11 is 0. The van der Waals surface area contributed by atoms with Crippen LogP contribution in [0.4, 0.5) is 11.4 Å². The zero-order chi connectivity index (χ0) is 36.5. The van der Waals surface area contributed by atoms with E-state index in [1.165, 1.54) is 7.11 Å². The van der Waals surface area contributed by atoms with Gasteiger partial charge in [-0.3, -0.25) is 13.8 Å². The van der Waals surface area contributed by atoms with Crippen LogP contribution in [-0.2, 0) is 37.4 Å². The number of ether oxygens (including phenoxy) is 2. The Morgan fingerprint density at radius 3 is 2.39 bits per heavy atom. The highest BCUT2D eigenvalue weighted by molar-refractivity contribution is 7.84. The van der Waals surface area contributed by atoms with Gasteiger partial charge < -0.3 is 24.3 Å². The second-order valence-corrected chi connectivity index (χ2v) is 15.1. The molecule has 3 aromatic carbocycles. The van der Waals surface area contributed by atoms with Gasteiger partial charge in [0.25, 0.3) is 5.91 Å². The number of methoxy groups -OCH3 is 1. The van der Waals surface area contributed by atoms with Crippen molar-refractivity contribution in [2.24, 2.45) is 5.41 Å². The maximum atomic E-state index is 13.8. The second-order valence-electron chi connectivity index (χ2n) is 13.7. The van der Waals surface area contributed by atoms with Crippen LogP contribution >= 0.6 is 0 Å². The van der Waals surface area contributed by atoms with Crippen LogP contribution in [0.15, 0.2) is 83.5 Å². The van der Waals surface area contributed by atoms with Gasteiger partial charge >= 0.3 is 5.97 Å². The van der Waals surface area contributed by atoms with Gasteiger partial charge in [0, 0.05) is 41.5 Å². The molecule has 1 aromatic heterocycles. The zero-order valence-corrected chi connectivity index (χ0v) is 31.5. The molecule has 1 aliphatic heterocycles. The van der Waals surface area contributed by atoms with Crippen molar-refractivity contribution in [2.45, 2.75) is 77.5 Å². The third-order valence-corrected chi connectivity index (χ3v) is 10.4. The third kappa shape index (κ3) is 9.35. The van der Waals surface area contributed by atoms with Gasteiger partial charge in [-0.2, -0.15) is 0 Å². The van der Waals surface area contributed by atoms with Crippen molar-refractivity contribution in [1.82, 2.24) is 9.55 Å². The fourth-order valence-corrected chi connectivity index (χ4v) is 7.57. The number of fused-ring (bicyclic) bond motifs is 1. The van der Waals surface area contributed by atoms with E-state index in [1.54, 1.807) is 12.1 Å². The number of aromatic nitrogens is 2. The molecule has 1 atom stereocenters. The summed E-state index contributed by atoms with van der Waals surface area (Å²) in [7, 11) is 0.166. The Labute approximate surface area is 304 Å². The molecular formula is C41H50N4O5S. The number of carbonyl (C=O) groups is 2. The molecule has 1 aliphatic rings. The van der Waals surface area contributed by atoms with Crippen LogP contribution in [0, 0.1) is 12.3 Å². The molecule has 5 rings (SSSR count). The van der Waals surface area contributed by atoms with Crippen molar-refractivity contribution in [3.8, 4) is 16.9 Å². The minimum atomic E-state index is -1.25. The Morgan fingerprint density at radius 1 is 0.980 bits per heavy atom. The molecule has 0 aliphatic carbocycles. The van der Waals surface area contributed by atoms with E-state index in [0.717, 1.165) is 65.3 Å². The lowest BCUT2D eigenvalue weighted by atomic mass is 9.90. The van der Waals surface area contributed by atoms with Crippen LogP contribution in [0.1, 0.15) is 70.3 Å². The number of benzene rings is 3. The number of imidazole rings is 1. The van der Waals surface area contributed by atoms with Crippen molar-refractivity contribution >= 4 is 40.1 Å². The van der Waals surface area contributed by atoms with E-state index in [9.17, 15) is 13.8 Å². The summed E-state index contributed by atoms with van der Waals surface area (Å²) in [6.07, 6.45) is 6.98. The normalized spacial score (nSPS) is 13.8. The first-order valence-electron chi connectivity index (χ1n) is 17.7. The second kappa shape index (κ2) is 17.0. The van der Waals surface area contributed by atoms with Crippen molar-refractivity contribution in [1.29, 1.82) is 0 Å². The third-order valence-electron chi connectivity index (χ3n) is 9.11. The number of hydrogen-bond acceptors (Lipinski definition) is 7. The van der Waals surface area contributed by atoms with Crippen LogP contribution in [0.5, 0.6) is 5.75 Å².